The fourth-order valence-corrected chi connectivity index (χ4v) is 1.51. The molecule has 1 aromatic rings. The Labute approximate surface area is 106 Å². The van der Waals surface area contributed by atoms with Crippen molar-refractivity contribution in [2.24, 2.45) is 0 Å². The summed E-state index contributed by atoms with van der Waals surface area (Å²) in [6.45, 7) is 5.12. The molecule has 0 aromatic heterocycles. The molecule has 2 amide bonds. The number of nitrogens with one attached hydrogen (secondary N) is 2. The van der Waals surface area contributed by atoms with Gasteiger partial charge in [-0.3, -0.25) is 4.79 Å². The Bertz CT molecular complexity index is 429. The Morgan fingerprint density at radius 2 is 1.78 bits per heavy atom. The number of hydrogen-bond donors (Lipinski definition) is 3. The maximum Gasteiger partial charge on any atom is 0.325 e. The van der Waals surface area contributed by atoms with Crippen LogP contribution in [0.1, 0.15) is 26.3 Å². The van der Waals surface area contributed by atoms with Crippen molar-refractivity contribution in [1.82, 2.24) is 10.6 Å². The molecule has 0 aliphatic heterocycles. The minimum Gasteiger partial charge on any atom is -0.480 e. The van der Waals surface area contributed by atoms with E-state index >= 15 is 0 Å². The zero-order chi connectivity index (χ0) is 13.8. The van der Waals surface area contributed by atoms with Gasteiger partial charge in [-0.2, -0.15) is 0 Å². The Morgan fingerprint density at radius 3 is 2.28 bits per heavy atom. The number of carboxylic acid groups (broad SMARTS) is 1. The Balaban J connectivity index is 2.66. The lowest BCUT2D eigenvalue weighted by atomic mass is 9.95. The first kappa shape index (κ1) is 14.0. The summed E-state index contributed by atoms with van der Waals surface area (Å²) in [5, 5.41) is 13.8. The lowest BCUT2D eigenvalue weighted by molar-refractivity contribution is -0.138. The molecule has 1 rings (SSSR count). The molecule has 0 saturated heterocycles. The van der Waals surface area contributed by atoms with Gasteiger partial charge >= 0.3 is 12.0 Å². The first-order valence-electron chi connectivity index (χ1n) is 5.70. The van der Waals surface area contributed by atoms with Gasteiger partial charge in [-0.05, 0) is 26.3 Å². The highest BCUT2D eigenvalue weighted by Crippen LogP contribution is 2.18. The van der Waals surface area contributed by atoms with Crippen LogP contribution in [0.3, 0.4) is 0 Å². The van der Waals surface area contributed by atoms with E-state index in [1.807, 2.05) is 44.2 Å². The van der Waals surface area contributed by atoms with Crippen molar-refractivity contribution in [3.63, 3.8) is 0 Å². The third kappa shape index (κ3) is 3.76. The maximum atomic E-state index is 11.7. The van der Waals surface area contributed by atoms with Crippen LogP contribution in [0.25, 0.3) is 0 Å². The molecule has 98 valence electrons. The summed E-state index contributed by atoms with van der Waals surface area (Å²) in [6.07, 6.45) is 0. The Morgan fingerprint density at radius 1 is 1.22 bits per heavy atom. The van der Waals surface area contributed by atoms with Crippen LogP contribution >= 0.6 is 0 Å². The minimum absolute atomic E-state index is 0.501. The lowest BCUT2D eigenvalue weighted by Crippen LogP contribution is -2.50. The van der Waals surface area contributed by atoms with Gasteiger partial charge in [0, 0.05) is 0 Å². The smallest absolute Gasteiger partial charge is 0.325 e. The van der Waals surface area contributed by atoms with E-state index < -0.39 is 23.6 Å². The van der Waals surface area contributed by atoms with Crippen LogP contribution in [-0.4, -0.2) is 23.1 Å². The van der Waals surface area contributed by atoms with E-state index in [2.05, 4.69) is 10.6 Å². The highest BCUT2D eigenvalue weighted by molar-refractivity contribution is 5.82. The second-order valence-electron chi connectivity index (χ2n) is 4.65. The third-order valence-electron chi connectivity index (χ3n) is 2.64. The number of amides is 2. The summed E-state index contributed by atoms with van der Waals surface area (Å²) >= 11 is 0. The molecule has 0 aliphatic carbocycles. The second kappa shape index (κ2) is 5.53. The molecule has 0 spiro atoms. The van der Waals surface area contributed by atoms with Gasteiger partial charge in [-0.1, -0.05) is 30.3 Å². The molecule has 0 bridgehead atoms. The van der Waals surface area contributed by atoms with Crippen LogP contribution in [0.4, 0.5) is 4.79 Å². The number of urea groups is 1. The van der Waals surface area contributed by atoms with Crippen molar-refractivity contribution in [1.29, 1.82) is 0 Å². The van der Waals surface area contributed by atoms with Gasteiger partial charge in [-0.25, -0.2) is 4.79 Å². The standard InChI is InChI=1S/C13H18N2O3/c1-9(11(16)17)14-12(18)15-13(2,3)10-7-5-4-6-8-10/h4-9H,1-3H3,(H,16,17)(H2,14,15,18). The number of rotatable bonds is 4. The molecule has 0 heterocycles. The Kier molecular flexibility index (Phi) is 4.31. The van der Waals surface area contributed by atoms with E-state index in [0.29, 0.717) is 0 Å². The van der Waals surface area contributed by atoms with E-state index in [1.165, 1.54) is 6.92 Å². The van der Waals surface area contributed by atoms with Gasteiger partial charge in [0.25, 0.3) is 0 Å². The van der Waals surface area contributed by atoms with E-state index in [9.17, 15) is 9.59 Å². The quantitative estimate of drug-likeness (QED) is 0.761. The molecular formula is C13H18N2O3. The first-order valence-corrected chi connectivity index (χ1v) is 5.70. The van der Waals surface area contributed by atoms with Crippen LogP contribution in [0.5, 0.6) is 0 Å². The van der Waals surface area contributed by atoms with Crippen molar-refractivity contribution in [3.8, 4) is 0 Å². The molecule has 18 heavy (non-hydrogen) atoms. The monoisotopic (exact) mass is 250 g/mol. The molecule has 0 radical (unpaired) electrons. The molecule has 1 unspecified atom stereocenters. The molecule has 3 N–H and O–H groups in total. The zero-order valence-electron chi connectivity index (χ0n) is 10.7. The molecule has 0 aliphatic rings. The topological polar surface area (TPSA) is 78.4 Å². The summed E-state index contributed by atoms with van der Waals surface area (Å²) in [6, 6.07) is 8.05. The minimum atomic E-state index is -1.07. The normalized spacial score (nSPS) is 12.6. The van der Waals surface area contributed by atoms with Crippen molar-refractivity contribution in [2.45, 2.75) is 32.4 Å². The van der Waals surface area contributed by atoms with Gasteiger partial charge in [-0.15, -0.1) is 0 Å². The molecule has 5 heteroatoms. The predicted molar refractivity (Wildman–Crippen MR) is 68.2 cm³/mol. The number of carboxylic acids is 1. The van der Waals surface area contributed by atoms with E-state index in [4.69, 9.17) is 5.11 Å². The highest BCUT2D eigenvalue weighted by atomic mass is 16.4. The van der Waals surface area contributed by atoms with Crippen LogP contribution in [0.2, 0.25) is 0 Å². The van der Waals surface area contributed by atoms with E-state index in [-0.39, 0.29) is 0 Å². The number of carbonyl (C=O) groups is 2. The summed E-state index contributed by atoms with van der Waals surface area (Å²) in [5.41, 5.74) is 0.381. The van der Waals surface area contributed by atoms with Crippen molar-refractivity contribution in [3.05, 3.63) is 35.9 Å². The third-order valence-corrected chi connectivity index (χ3v) is 2.64. The maximum absolute atomic E-state index is 11.7. The summed E-state index contributed by atoms with van der Waals surface area (Å²) in [5.74, 6) is -1.07. The van der Waals surface area contributed by atoms with Crippen LogP contribution in [0.15, 0.2) is 30.3 Å². The molecule has 0 saturated carbocycles. The van der Waals surface area contributed by atoms with Crippen molar-refractivity contribution >= 4 is 12.0 Å². The molecule has 0 fully saturated rings. The average molecular weight is 250 g/mol. The van der Waals surface area contributed by atoms with Gasteiger partial charge in [0.1, 0.15) is 6.04 Å². The van der Waals surface area contributed by atoms with Gasteiger partial charge < -0.3 is 15.7 Å². The Hall–Kier alpha value is -2.04. The fraction of sp³-hybridized carbons (Fsp3) is 0.385. The van der Waals surface area contributed by atoms with Gasteiger partial charge in [0.2, 0.25) is 0 Å². The van der Waals surface area contributed by atoms with E-state index in [1.54, 1.807) is 0 Å². The van der Waals surface area contributed by atoms with E-state index in [0.717, 1.165) is 5.56 Å². The summed E-state index contributed by atoms with van der Waals surface area (Å²) < 4.78 is 0. The molecule has 5 nitrogen and oxygen atoms in total. The number of benzene rings is 1. The molecule has 1 atom stereocenters. The number of aliphatic carboxylic acids is 1. The van der Waals surface area contributed by atoms with Gasteiger partial charge in [0.15, 0.2) is 0 Å². The zero-order valence-corrected chi connectivity index (χ0v) is 10.7. The fourth-order valence-electron chi connectivity index (χ4n) is 1.51. The highest BCUT2D eigenvalue weighted by Gasteiger charge is 2.24. The number of carbonyl (C=O) groups excluding carboxylic acids is 1. The lowest BCUT2D eigenvalue weighted by Gasteiger charge is -2.27. The molecule has 1 aromatic carbocycles. The van der Waals surface area contributed by atoms with Crippen molar-refractivity contribution < 1.29 is 14.7 Å². The summed E-state index contributed by atoms with van der Waals surface area (Å²) in [4.78, 5) is 22.3. The predicted octanol–water partition coefficient (Wildman–Crippen LogP) is 1.69. The van der Waals surface area contributed by atoms with Crippen molar-refractivity contribution in [2.75, 3.05) is 0 Å². The van der Waals surface area contributed by atoms with Crippen LogP contribution in [-0.2, 0) is 10.3 Å². The van der Waals surface area contributed by atoms with Gasteiger partial charge in [0.05, 0.1) is 5.54 Å². The average Bonchev–Trinajstić information content (AvgIpc) is 2.29. The van der Waals surface area contributed by atoms with Crippen LogP contribution < -0.4 is 10.6 Å². The molecular weight excluding hydrogens is 232 g/mol. The largest absolute Gasteiger partial charge is 0.480 e. The second-order valence-corrected chi connectivity index (χ2v) is 4.65. The SMILES string of the molecule is CC(NC(=O)NC(C)(C)c1ccccc1)C(=O)O. The number of hydrogen-bond acceptors (Lipinski definition) is 2. The summed E-state index contributed by atoms with van der Waals surface area (Å²) in [7, 11) is 0. The van der Waals surface area contributed by atoms with Crippen LogP contribution in [0, 0.1) is 0 Å². The first-order chi connectivity index (χ1) is 8.33.